The van der Waals surface area contributed by atoms with Crippen molar-refractivity contribution in [3.8, 4) is 0 Å². The first-order chi connectivity index (χ1) is 5.88. The quantitative estimate of drug-likeness (QED) is 0.614. The van der Waals surface area contributed by atoms with Crippen LogP contribution in [0.25, 0.3) is 0 Å². The molecule has 0 aromatic rings. The molecule has 3 nitrogen and oxygen atoms in total. The maximum atomic E-state index is 11.7. The molecule has 2 heterocycles. The molecule has 0 spiro atoms. The maximum absolute atomic E-state index is 11.7. The molecule has 2 rings (SSSR count). The van der Waals surface area contributed by atoms with E-state index in [9.17, 15) is 4.21 Å². The maximum Gasteiger partial charge on any atom is 1.00 e. The van der Waals surface area contributed by atoms with E-state index in [1.54, 1.807) is 23.5 Å². The fraction of sp³-hybridized carbons (Fsp3) is 0.667. The highest BCUT2D eigenvalue weighted by Crippen LogP contribution is 2.22. The van der Waals surface area contributed by atoms with Crippen molar-refractivity contribution in [2.24, 2.45) is 9.98 Å². The average Bonchev–Trinajstić information content (AvgIpc) is 2.77. The second-order valence-electron chi connectivity index (χ2n) is 2.26. The lowest BCUT2D eigenvalue weighted by molar-refractivity contribution is 0.696. The lowest BCUT2D eigenvalue weighted by Gasteiger charge is -1.97. The molecule has 0 N–H and O–H groups in total. The Hall–Kier alpha value is 0.190. The van der Waals surface area contributed by atoms with Gasteiger partial charge in [-0.25, -0.2) is 4.21 Å². The standard InChI is InChI=1S/C6H8N2OS3/c9-12(5-7-1-3-10-5)6-8-2-4-11-6/h1-4H2/p+1. The van der Waals surface area contributed by atoms with Gasteiger partial charge in [-0.1, -0.05) is 23.5 Å². The second kappa shape index (κ2) is 3.93. The molecule has 0 saturated heterocycles. The van der Waals surface area contributed by atoms with E-state index in [1.807, 2.05) is 0 Å². The number of thioether (sulfide) groups is 2. The summed E-state index contributed by atoms with van der Waals surface area (Å²) >= 11 is 3.19. The molecular formula is C6H9N2OS3+. The van der Waals surface area contributed by atoms with Crippen LogP contribution in [-0.4, -0.2) is 37.6 Å². The fourth-order valence-corrected chi connectivity index (χ4v) is 4.56. The van der Waals surface area contributed by atoms with E-state index in [1.165, 1.54) is 0 Å². The predicted molar refractivity (Wildman–Crippen MR) is 58.8 cm³/mol. The molecule has 12 heavy (non-hydrogen) atoms. The number of aliphatic imine (C=N–C) groups is 2. The highest BCUT2D eigenvalue weighted by Gasteiger charge is 2.22. The van der Waals surface area contributed by atoms with Crippen LogP contribution < -0.4 is 0 Å². The number of hydrogen-bond donors (Lipinski definition) is 0. The first-order valence-electron chi connectivity index (χ1n) is 3.64. The minimum atomic E-state index is -1.04. The van der Waals surface area contributed by atoms with Gasteiger partial charge in [-0.15, -0.1) is 0 Å². The van der Waals surface area contributed by atoms with Crippen LogP contribution in [0.3, 0.4) is 0 Å². The zero-order valence-corrected chi connectivity index (χ0v) is 8.81. The van der Waals surface area contributed by atoms with Gasteiger partial charge in [-0.2, -0.15) is 0 Å². The van der Waals surface area contributed by atoms with Crippen molar-refractivity contribution in [2.75, 3.05) is 24.6 Å². The molecule has 66 valence electrons. The van der Waals surface area contributed by atoms with Crippen LogP contribution in [0.15, 0.2) is 9.98 Å². The minimum absolute atomic E-state index is 0. The summed E-state index contributed by atoms with van der Waals surface area (Å²) in [4.78, 5) is 8.33. The summed E-state index contributed by atoms with van der Waals surface area (Å²) in [5.74, 6) is 1.94. The summed E-state index contributed by atoms with van der Waals surface area (Å²) in [6, 6.07) is 0. The van der Waals surface area contributed by atoms with Crippen molar-refractivity contribution in [1.82, 2.24) is 0 Å². The molecule has 0 amide bonds. The summed E-state index contributed by atoms with van der Waals surface area (Å²) < 4.78 is 13.2. The van der Waals surface area contributed by atoms with Crippen LogP contribution in [0.2, 0.25) is 0 Å². The Bertz CT molecular complexity index is 253. The van der Waals surface area contributed by atoms with Gasteiger partial charge in [0.1, 0.15) is 10.8 Å². The minimum Gasteiger partial charge on any atom is -0.268 e. The number of rotatable bonds is 0. The van der Waals surface area contributed by atoms with Gasteiger partial charge < -0.3 is 0 Å². The van der Waals surface area contributed by atoms with Crippen LogP contribution in [0.4, 0.5) is 0 Å². The molecule has 0 radical (unpaired) electrons. The van der Waals surface area contributed by atoms with Gasteiger partial charge in [-0.3, -0.25) is 9.98 Å². The number of nitrogens with zero attached hydrogens (tertiary/aromatic N) is 2. The Morgan fingerprint density at radius 1 is 1.17 bits per heavy atom. The second-order valence-corrected chi connectivity index (χ2v) is 6.26. The summed E-state index contributed by atoms with van der Waals surface area (Å²) in [5, 5.41) is 0. The van der Waals surface area contributed by atoms with Gasteiger partial charge in [0, 0.05) is 11.5 Å². The van der Waals surface area contributed by atoms with Gasteiger partial charge >= 0.3 is 1.43 Å². The molecule has 2 aliphatic rings. The van der Waals surface area contributed by atoms with Gasteiger partial charge in [-0.05, 0) is 0 Å². The Kier molecular flexibility index (Phi) is 2.87. The third-order valence-electron chi connectivity index (χ3n) is 1.43. The largest absolute Gasteiger partial charge is 1.00 e. The van der Waals surface area contributed by atoms with Gasteiger partial charge in [0.25, 0.3) is 0 Å². The third kappa shape index (κ3) is 1.75. The summed E-state index contributed by atoms with van der Waals surface area (Å²) in [7, 11) is -1.04. The fourth-order valence-electron chi connectivity index (χ4n) is 0.930. The molecular weight excluding hydrogens is 212 g/mol. The predicted octanol–water partition coefficient (Wildman–Crippen LogP) is 1.05. The molecule has 0 atom stereocenters. The van der Waals surface area contributed by atoms with Crippen molar-refractivity contribution >= 4 is 43.1 Å². The van der Waals surface area contributed by atoms with E-state index in [4.69, 9.17) is 0 Å². The molecule has 0 saturated carbocycles. The molecule has 2 aliphatic heterocycles. The monoisotopic (exact) mass is 221 g/mol. The summed E-state index contributed by atoms with van der Waals surface area (Å²) in [5.41, 5.74) is 0. The van der Waals surface area contributed by atoms with Crippen LogP contribution in [0, 0.1) is 0 Å². The average molecular weight is 221 g/mol. The van der Waals surface area contributed by atoms with E-state index >= 15 is 0 Å². The van der Waals surface area contributed by atoms with E-state index in [0.29, 0.717) is 0 Å². The lowest BCUT2D eigenvalue weighted by Crippen LogP contribution is -2.08. The Morgan fingerprint density at radius 2 is 1.67 bits per heavy atom. The SMILES string of the molecule is O=S(C1=NCCS1)C1=NCCS1.[H+]. The first-order valence-corrected chi connectivity index (χ1v) is 6.76. The van der Waals surface area contributed by atoms with E-state index < -0.39 is 10.8 Å². The molecule has 0 bridgehead atoms. The summed E-state index contributed by atoms with van der Waals surface area (Å²) in [6.45, 7) is 1.62. The lowest BCUT2D eigenvalue weighted by atomic mass is 10.8. The summed E-state index contributed by atoms with van der Waals surface area (Å²) in [6.07, 6.45) is 0. The van der Waals surface area contributed by atoms with Crippen molar-refractivity contribution in [1.29, 1.82) is 0 Å². The highest BCUT2D eigenvalue weighted by molar-refractivity contribution is 8.47. The van der Waals surface area contributed by atoms with E-state index in [2.05, 4.69) is 9.98 Å². The normalized spacial score (nSPS) is 23.1. The zero-order chi connectivity index (χ0) is 8.39. The molecule has 0 aromatic carbocycles. The first kappa shape index (κ1) is 8.77. The molecule has 6 heteroatoms. The van der Waals surface area contributed by atoms with Crippen LogP contribution in [0.5, 0.6) is 0 Å². The van der Waals surface area contributed by atoms with Crippen LogP contribution in [0.1, 0.15) is 1.43 Å². The number of hydrogen-bond acceptors (Lipinski definition) is 5. The molecule has 0 fully saturated rings. The Labute approximate surface area is 83.4 Å². The van der Waals surface area contributed by atoms with Crippen molar-refractivity contribution < 1.29 is 5.64 Å². The van der Waals surface area contributed by atoms with Gasteiger partial charge in [0.2, 0.25) is 0 Å². The van der Waals surface area contributed by atoms with Gasteiger partial charge in [0.15, 0.2) is 8.75 Å². The smallest absolute Gasteiger partial charge is 0.268 e. The molecule has 0 aromatic heterocycles. The zero-order valence-electron chi connectivity index (χ0n) is 7.36. The van der Waals surface area contributed by atoms with E-state index in [-0.39, 0.29) is 1.43 Å². The molecule has 0 unspecified atom stereocenters. The third-order valence-corrected chi connectivity index (χ3v) is 5.47. The van der Waals surface area contributed by atoms with Crippen molar-refractivity contribution in [3.63, 3.8) is 0 Å². The Balaban J connectivity index is 0.000000845. The van der Waals surface area contributed by atoms with Crippen LogP contribution in [-0.2, 0) is 10.8 Å². The molecule has 0 aliphatic carbocycles. The topological polar surface area (TPSA) is 41.8 Å². The van der Waals surface area contributed by atoms with Crippen molar-refractivity contribution in [3.05, 3.63) is 0 Å². The van der Waals surface area contributed by atoms with Crippen LogP contribution >= 0.6 is 23.5 Å². The van der Waals surface area contributed by atoms with E-state index in [0.717, 1.165) is 33.3 Å². The Morgan fingerprint density at radius 3 is 2.00 bits per heavy atom. The van der Waals surface area contributed by atoms with Gasteiger partial charge in [0.05, 0.1) is 13.1 Å². The van der Waals surface area contributed by atoms with Crippen molar-refractivity contribution in [2.45, 2.75) is 0 Å². The highest BCUT2D eigenvalue weighted by atomic mass is 32.3.